The Bertz CT molecular complexity index is 798. The zero-order valence-corrected chi connectivity index (χ0v) is 14.7. The zero-order valence-electron chi connectivity index (χ0n) is 13.1. The van der Waals surface area contributed by atoms with Crippen molar-refractivity contribution in [2.45, 2.75) is 6.04 Å². The molecule has 1 atom stereocenters. The molecule has 0 unspecified atom stereocenters. The Hall–Kier alpha value is -2.30. The van der Waals surface area contributed by atoms with E-state index in [0.717, 1.165) is 15.6 Å². The van der Waals surface area contributed by atoms with Crippen LogP contribution in [0, 0.1) is 0 Å². The first kappa shape index (κ1) is 16.6. The Morgan fingerprint density at radius 3 is 2.96 bits per heavy atom. The van der Waals surface area contributed by atoms with Crippen molar-refractivity contribution >= 4 is 33.8 Å². The smallest absolute Gasteiger partial charge is 0.321 e. The highest BCUT2D eigenvalue weighted by atomic mass is 32.1. The quantitative estimate of drug-likeness (QED) is 0.701. The van der Waals surface area contributed by atoms with Crippen molar-refractivity contribution in [3.63, 3.8) is 0 Å². The molecule has 0 saturated heterocycles. The molecule has 3 aromatic rings. The molecular formula is C14H16N6O2S2. The van der Waals surface area contributed by atoms with Crippen LogP contribution in [0.25, 0.3) is 9.88 Å². The van der Waals surface area contributed by atoms with Gasteiger partial charge in [0.25, 0.3) is 0 Å². The Balaban J connectivity index is 1.65. The Morgan fingerprint density at radius 2 is 2.29 bits per heavy atom. The zero-order chi connectivity index (χ0) is 16.9. The first-order valence-electron chi connectivity index (χ1n) is 7.09. The van der Waals surface area contributed by atoms with E-state index in [2.05, 4.69) is 25.9 Å². The third kappa shape index (κ3) is 3.78. The maximum Gasteiger partial charge on any atom is 0.321 e. The van der Waals surface area contributed by atoms with Gasteiger partial charge in [0, 0.05) is 20.4 Å². The number of methoxy groups -OCH3 is 1. The van der Waals surface area contributed by atoms with Gasteiger partial charge in [-0.2, -0.15) is 5.10 Å². The summed E-state index contributed by atoms with van der Waals surface area (Å²) in [7, 11) is 3.40. The third-order valence-corrected chi connectivity index (χ3v) is 5.11. The van der Waals surface area contributed by atoms with E-state index in [4.69, 9.17) is 4.74 Å². The number of hydrogen-bond donors (Lipinski definition) is 2. The predicted octanol–water partition coefficient (Wildman–Crippen LogP) is 2.51. The predicted molar refractivity (Wildman–Crippen MR) is 93.2 cm³/mol. The lowest BCUT2D eigenvalue weighted by Gasteiger charge is -2.18. The summed E-state index contributed by atoms with van der Waals surface area (Å²) in [5, 5.41) is 21.0. The van der Waals surface area contributed by atoms with Crippen LogP contribution in [0.3, 0.4) is 0 Å². The summed E-state index contributed by atoms with van der Waals surface area (Å²) < 4.78 is 6.88. The molecule has 2 amide bonds. The molecule has 3 heterocycles. The number of carbonyl (C=O) groups excluding carboxylic acids is 1. The number of hydrogen-bond acceptors (Lipinski definition) is 7. The number of anilines is 1. The van der Waals surface area contributed by atoms with Crippen LogP contribution < -0.4 is 10.6 Å². The molecule has 0 bridgehead atoms. The van der Waals surface area contributed by atoms with E-state index in [9.17, 15) is 4.79 Å². The van der Waals surface area contributed by atoms with Gasteiger partial charge in [-0.05, 0) is 17.5 Å². The molecule has 0 aromatic carbocycles. The number of amides is 2. The van der Waals surface area contributed by atoms with Gasteiger partial charge in [0.15, 0.2) is 5.01 Å². The van der Waals surface area contributed by atoms with Crippen LogP contribution in [0.2, 0.25) is 0 Å². The van der Waals surface area contributed by atoms with Gasteiger partial charge in [-0.25, -0.2) is 4.79 Å². The van der Waals surface area contributed by atoms with Crippen LogP contribution in [0.15, 0.2) is 29.8 Å². The van der Waals surface area contributed by atoms with Crippen molar-refractivity contribution in [3.8, 4) is 9.88 Å². The second-order valence-electron chi connectivity index (χ2n) is 4.88. The number of aryl methyl sites for hydroxylation is 1. The van der Waals surface area contributed by atoms with E-state index in [1.807, 2.05) is 30.6 Å². The van der Waals surface area contributed by atoms with Crippen LogP contribution in [0.5, 0.6) is 0 Å². The molecule has 3 rings (SSSR count). The Kier molecular flexibility index (Phi) is 5.18. The second kappa shape index (κ2) is 7.51. The third-order valence-electron chi connectivity index (χ3n) is 3.23. The molecule has 0 fully saturated rings. The van der Waals surface area contributed by atoms with Crippen LogP contribution in [-0.2, 0) is 11.8 Å². The van der Waals surface area contributed by atoms with E-state index in [-0.39, 0.29) is 12.1 Å². The van der Waals surface area contributed by atoms with Crippen molar-refractivity contribution in [3.05, 3.63) is 35.5 Å². The molecule has 126 valence electrons. The van der Waals surface area contributed by atoms with Gasteiger partial charge in [-0.15, -0.1) is 21.5 Å². The average Bonchev–Trinajstić information content (AvgIpc) is 3.27. The maximum absolute atomic E-state index is 12.2. The normalized spacial score (nSPS) is 12.1. The summed E-state index contributed by atoms with van der Waals surface area (Å²) in [5.41, 5.74) is 0.850. The van der Waals surface area contributed by atoms with Crippen molar-refractivity contribution in [1.29, 1.82) is 0 Å². The average molecular weight is 364 g/mol. The van der Waals surface area contributed by atoms with Crippen molar-refractivity contribution in [2.75, 3.05) is 19.0 Å². The molecule has 0 aliphatic heterocycles. The monoisotopic (exact) mass is 364 g/mol. The van der Waals surface area contributed by atoms with E-state index < -0.39 is 0 Å². The molecule has 10 heteroatoms. The van der Waals surface area contributed by atoms with Crippen LogP contribution >= 0.6 is 22.7 Å². The fraction of sp³-hybridized carbons (Fsp3) is 0.286. The van der Waals surface area contributed by atoms with E-state index in [1.54, 1.807) is 29.3 Å². The SMILES string of the molecule is COC[C@H](NC(=O)Nc1nnc(-c2cccs2)s1)c1ccnn1C. The fourth-order valence-corrected chi connectivity index (χ4v) is 3.69. The topological polar surface area (TPSA) is 94.0 Å². The van der Waals surface area contributed by atoms with Gasteiger partial charge < -0.3 is 10.1 Å². The van der Waals surface area contributed by atoms with Gasteiger partial charge in [0.1, 0.15) is 0 Å². The van der Waals surface area contributed by atoms with Crippen molar-refractivity contribution in [1.82, 2.24) is 25.3 Å². The first-order valence-corrected chi connectivity index (χ1v) is 8.78. The summed E-state index contributed by atoms with van der Waals surface area (Å²) in [6.07, 6.45) is 1.68. The number of thiophene rings is 1. The largest absolute Gasteiger partial charge is 0.382 e. The summed E-state index contributed by atoms with van der Waals surface area (Å²) in [4.78, 5) is 13.3. The molecule has 8 nitrogen and oxygen atoms in total. The minimum absolute atomic E-state index is 0.313. The lowest BCUT2D eigenvalue weighted by Crippen LogP contribution is -2.35. The number of nitrogens with one attached hydrogen (secondary N) is 2. The molecule has 0 aliphatic carbocycles. The number of nitrogens with zero attached hydrogens (tertiary/aromatic N) is 4. The molecule has 0 radical (unpaired) electrons. The Labute approximate surface area is 146 Å². The molecule has 24 heavy (non-hydrogen) atoms. The molecular weight excluding hydrogens is 348 g/mol. The maximum atomic E-state index is 12.2. The number of urea groups is 1. The number of rotatable bonds is 6. The fourth-order valence-electron chi connectivity index (χ4n) is 2.16. The van der Waals surface area contributed by atoms with Gasteiger partial charge in [0.05, 0.1) is 23.2 Å². The number of aromatic nitrogens is 4. The van der Waals surface area contributed by atoms with Crippen molar-refractivity contribution < 1.29 is 9.53 Å². The van der Waals surface area contributed by atoms with Gasteiger partial charge in [0.2, 0.25) is 5.13 Å². The summed E-state index contributed by atoms with van der Waals surface area (Å²) >= 11 is 2.91. The number of carbonyl (C=O) groups is 1. The lowest BCUT2D eigenvalue weighted by molar-refractivity contribution is 0.165. The van der Waals surface area contributed by atoms with Crippen LogP contribution in [0.1, 0.15) is 11.7 Å². The standard InChI is InChI=1S/C14H16N6O2S2/c1-20-10(5-6-15-20)9(8-22-2)16-13(21)17-14-19-18-12(24-14)11-4-3-7-23-11/h3-7,9H,8H2,1-2H3,(H2,16,17,19,21)/t9-/m0/s1. The highest BCUT2D eigenvalue weighted by Crippen LogP contribution is 2.29. The van der Waals surface area contributed by atoms with Gasteiger partial charge >= 0.3 is 6.03 Å². The minimum Gasteiger partial charge on any atom is -0.382 e. The summed E-state index contributed by atoms with van der Waals surface area (Å²) in [6.45, 7) is 0.337. The minimum atomic E-state index is -0.368. The molecule has 0 saturated carbocycles. The van der Waals surface area contributed by atoms with Crippen LogP contribution in [-0.4, -0.2) is 39.7 Å². The Morgan fingerprint density at radius 1 is 1.42 bits per heavy atom. The highest BCUT2D eigenvalue weighted by molar-refractivity contribution is 7.23. The molecule has 2 N–H and O–H groups in total. The lowest BCUT2D eigenvalue weighted by atomic mass is 10.2. The van der Waals surface area contributed by atoms with E-state index in [1.165, 1.54) is 11.3 Å². The van der Waals surface area contributed by atoms with Crippen LogP contribution in [0.4, 0.5) is 9.93 Å². The molecule has 3 aromatic heterocycles. The molecule has 0 aliphatic rings. The second-order valence-corrected chi connectivity index (χ2v) is 6.80. The van der Waals surface area contributed by atoms with E-state index >= 15 is 0 Å². The number of ether oxygens (including phenoxy) is 1. The summed E-state index contributed by atoms with van der Waals surface area (Å²) in [6, 6.07) is 5.07. The first-order chi connectivity index (χ1) is 11.7. The highest BCUT2D eigenvalue weighted by Gasteiger charge is 2.18. The molecule has 0 spiro atoms. The van der Waals surface area contributed by atoms with Gasteiger partial charge in [-0.3, -0.25) is 10.00 Å². The van der Waals surface area contributed by atoms with Gasteiger partial charge in [-0.1, -0.05) is 17.4 Å². The summed E-state index contributed by atoms with van der Waals surface area (Å²) in [5.74, 6) is 0. The van der Waals surface area contributed by atoms with Crippen molar-refractivity contribution in [2.24, 2.45) is 7.05 Å². The van der Waals surface area contributed by atoms with E-state index in [0.29, 0.717) is 11.7 Å².